The largest absolute Gasteiger partial charge is 0.337 e. The Morgan fingerprint density at radius 1 is 1.08 bits per heavy atom. The summed E-state index contributed by atoms with van der Waals surface area (Å²) in [7, 11) is 0. The van der Waals surface area contributed by atoms with Gasteiger partial charge in [-0.25, -0.2) is 4.79 Å². The van der Waals surface area contributed by atoms with Crippen molar-refractivity contribution in [2.45, 2.75) is 19.8 Å². The second-order valence-corrected chi connectivity index (χ2v) is 5.89. The topological polar surface area (TPSA) is 61.4 Å². The minimum atomic E-state index is -0.0825. The van der Waals surface area contributed by atoms with Gasteiger partial charge in [-0.3, -0.25) is 9.69 Å². The van der Waals surface area contributed by atoms with Crippen molar-refractivity contribution in [2.24, 2.45) is 0 Å². The highest BCUT2D eigenvalue weighted by molar-refractivity contribution is 5.94. The molecule has 0 saturated carbocycles. The number of hydrogen-bond acceptors (Lipinski definition) is 2. The highest BCUT2D eigenvalue weighted by Gasteiger charge is 2.23. The molecular weight excluding hydrogens is 302 g/mol. The van der Waals surface area contributed by atoms with Gasteiger partial charge in [-0.1, -0.05) is 30.3 Å². The maximum atomic E-state index is 12.3. The third-order valence-corrected chi connectivity index (χ3v) is 4.10. The van der Waals surface area contributed by atoms with Crippen LogP contribution in [0.3, 0.4) is 0 Å². The summed E-state index contributed by atoms with van der Waals surface area (Å²) < 4.78 is 0. The molecule has 3 amide bonds. The average molecular weight is 323 g/mol. The minimum Gasteiger partial charge on any atom is -0.337 e. The lowest BCUT2D eigenvalue weighted by atomic mass is 10.1. The number of nitrogens with one attached hydrogen (secondary N) is 2. The van der Waals surface area contributed by atoms with Crippen LogP contribution in [0.1, 0.15) is 18.1 Å². The van der Waals surface area contributed by atoms with Gasteiger partial charge in [-0.05, 0) is 42.2 Å². The van der Waals surface area contributed by atoms with E-state index < -0.39 is 0 Å². The normalized spacial score (nSPS) is 12.6. The molecule has 0 saturated heterocycles. The van der Waals surface area contributed by atoms with E-state index in [0.717, 1.165) is 36.3 Å². The van der Waals surface area contributed by atoms with E-state index in [2.05, 4.69) is 16.7 Å². The van der Waals surface area contributed by atoms with E-state index in [4.69, 9.17) is 0 Å². The number of hydrogen-bond donors (Lipinski definition) is 2. The number of nitrogens with zero attached hydrogens (tertiary/aromatic N) is 1. The van der Waals surface area contributed by atoms with Crippen molar-refractivity contribution in [2.75, 3.05) is 23.3 Å². The summed E-state index contributed by atoms with van der Waals surface area (Å²) in [6, 6.07) is 15.6. The molecule has 2 aromatic rings. The molecular formula is C19H21N3O2. The number of fused-ring (bicyclic) bond motifs is 1. The molecule has 0 fully saturated rings. The second-order valence-electron chi connectivity index (χ2n) is 5.89. The van der Waals surface area contributed by atoms with Crippen molar-refractivity contribution in [1.29, 1.82) is 0 Å². The molecule has 0 atom stereocenters. The van der Waals surface area contributed by atoms with Gasteiger partial charge in [0.05, 0.1) is 0 Å². The van der Waals surface area contributed by atoms with Crippen LogP contribution in [0.25, 0.3) is 0 Å². The van der Waals surface area contributed by atoms with E-state index in [0.29, 0.717) is 6.54 Å². The number of para-hydroxylation sites is 1. The molecule has 2 aromatic carbocycles. The highest BCUT2D eigenvalue weighted by Crippen LogP contribution is 2.27. The Morgan fingerprint density at radius 2 is 1.83 bits per heavy atom. The van der Waals surface area contributed by atoms with Crippen LogP contribution < -0.4 is 15.5 Å². The van der Waals surface area contributed by atoms with Gasteiger partial charge in [0.25, 0.3) is 0 Å². The summed E-state index contributed by atoms with van der Waals surface area (Å²) in [5, 5.41) is 5.72. The molecule has 5 nitrogen and oxygen atoms in total. The number of anilines is 2. The summed E-state index contributed by atoms with van der Waals surface area (Å²) in [6.45, 7) is 2.80. The summed E-state index contributed by atoms with van der Waals surface area (Å²) in [6.07, 6.45) is 1.66. The Kier molecular flexibility index (Phi) is 4.79. The van der Waals surface area contributed by atoms with Crippen LogP contribution in [-0.4, -0.2) is 25.0 Å². The van der Waals surface area contributed by atoms with Crippen molar-refractivity contribution >= 4 is 23.3 Å². The first-order valence-electron chi connectivity index (χ1n) is 8.13. The fourth-order valence-electron chi connectivity index (χ4n) is 2.92. The first-order chi connectivity index (χ1) is 11.6. The van der Waals surface area contributed by atoms with Crippen LogP contribution in [0.5, 0.6) is 0 Å². The number of benzene rings is 2. The van der Waals surface area contributed by atoms with Crippen LogP contribution >= 0.6 is 0 Å². The summed E-state index contributed by atoms with van der Waals surface area (Å²) in [5.41, 5.74) is 4.13. The zero-order valence-electron chi connectivity index (χ0n) is 13.7. The number of urea groups is 1. The van der Waals surface area contributed by atoms with Crippen molar-refractivity contribution in [3.05, 3.63) is 59.7 Å². The maximum Gasteiger partial charge on any atom is 0.321 e. The van der Waals surface area contributed by atoms with E-state index >= 15 is 0 Å². The predicted molar refractivity (Wildman–Crippen MR) is 95.3 cm³/mol. The van der Waals surface area contributed by atoms with Gasteiger partial charge in [0, 0.05) is 31.4 Å². The number of carbonyl (C=O) groups is 2. The Morgan fingerprint density at radius 3 is 2.58 bits per heavy atom. The lowest BCUT2D eigenvalue weighted by Crippen LogP contribution is -2.39. The van der Waals surface area contributed by atoms with Crippen LogP contribution in [0.4, 0.5) is 16.2 Å². The van der Waals surface area contributed by atoms with Crippen LogP contribution in [0, 0.1) is 0 Å². The van der Waals surface area contributed by atoms with Crippen molar-refractivity contribution in [1.82, 2.24) is 5.32 Å². The Labute approximate surface area is 141 Å². The fourth-order valence-corrected chi connectivity index (χ4v) is 2.92. The molecule has 0 aliphatic carbocycles. The van der Waals surface area contributed by atoms with Crippen LogP contribution in [0.15, 0.2) is 48.5 Å². The smallest absolute Gasteiger partial charge is 0.321 e. The van der Waals surface area contributed by atoms with Crippen LogP contribution in [-0.2, 0) is 17.6 Å². The average Bonchev–Trinajstić information content (AvgIpc) is 3.00. The summed E-state index contributed by atoms with van der Waals surface area (Å²) in [4.78, 5) is 25.1. The lowest BCUT2D eigenvalue weighted by Gasteiger charge is -2.18. The van der Waals surface area contributed by atoms with Gasteiger partial charge >= 0.3 is 6.03 Å². The maximum absolute atomic E-state index is 12.3. The van der Waals surface area contributed by atoms with Crippen molar-refractivity contribution in [3.8, 4) is 0 Å². The summed E-state index contributed by atoms with van der Waals surface area (Å²) >= 11 is 0. The molecule has 3 rings (SSSR count). The molecule has 0 radical (unpaired) electrons. The van der Waals surface area contributed by atoms with E-state index in [1.54, 1.807) is 4.90 Å². The molecule has 5 heteroatoms. The van der Waals surface area contributed by atoms with Crippen molar-refractivity contribution in [3.63, 3.8) is 0 Å². The molecule has 0 aromatic heterocycles. The highest BCUT2D eigenvalue weighted by atomic mass is 16.2. The van der Waals surface area contributed by atoms with Gasteiger partial charge in [0.15, 0.2) is 0 Å². The first-order valence-corrected chi connectivity index (χ1v) is 8.13. The second kappa shape index (κ2) is 7.17. The third-order valence-electron chi connectivity index (χ3n) is 4.10. The zero-order chi connectivity index (χ0) is 16.9. The van der Waals surface area contributed by atoms with Gasteiger partial charge in [0.1, 0.15) is 0 Å². The van der Waals surface area contributed by atoms with Crippen LogP contribution in [0.2, 0.25) is 0 Å². The number of rotatable bonds is 4. The van der Waals surface area contributed by atoms with E-state index in [-0.39, 0.29) is 11.9 Å². The van der Waals surface area contributed by atoms with Gasteiger partial charge in [-0.15, -0.1) is 0 Å². The molecule has 24 heavy (non-hydrogen) atoms. The Balaban J connectivity index is 1.50. The van der Waals surface area contributed by atoms with Gasteiger partial charge in [0.2, 0.25) is 5.91 Å². The zero-order valence-corrected chi connectivity index (χ0v) is 13.7. The molecule has 1 heterocycles. The van der Waals surface area contributed by atoms with E-state index in [1.165, 1.54) is 12.5 Å². The third kappa shape index (κ3) is 3.74. The first kappa shape index (κ1) is 16.1. The van der Waals surface area contributed by atoms with Gasteiger partial charge in [-0.2, -0.15) is 0 Å². The van der Waals surface area contributed by atoms with Gasteiger partial charge < -0.3 is 10.6 Å². The molecule has 0 unspecified atom stereocenters. The molecule has 1 aliphatic heterocycles. The number of amides is 3. The monoisotopic (exact) mass is 323 g/mol. The standard InChI is InChI=1S/C19H21N3O2/c1-14(23)21-17-8-6-15(7-9-17)10-12-20-19(24)22-13-11-16-4-2-3-5-18(16)22/h2-9H,10-13H2,1H3,(H,20,24)(H,21,23). The Bertz CT molecular complexity index is 741. The predicted octanol–water partition coefficient (Wildman–Crippen LogP) is 2.96. The number of carbonyl (C=O) groups excluding carboxylic acids is 2. The van der Waals surface area contributed by atoms with Crippen molar-refractivity contribution < 1.29 is 9.59 Å². The fraction of sp³-hybridized carbons (Fsp3) is 0.263. The Hall–Kier alpha value is -2.82. The SMILES string of the molecule is CC(=O)Nc1ccc(CCNC(=O)N2CCc3ccccc32)cc1. The molecule has 1 aliphatic rings. The van der Waals surface area contributed by atoms with E-state index in [1.807, 2.05) is 42.5 Å². The summed E-state index contributed by atoms with van der Waals surface area (Å²) in [5.74, 6) is -0.0825. The quantitative estimate of drug-likeness (QED) is 0.909. The molecule has 124 valence electrons. The molecule has 2 N–H and O–H groups in total. The van der Waals surface area contributed by atoms with E-state index in [9.17, 15) is 9.59 Å². The molecule has 0 bridgehead atoms. The lowest BCUT2D eigenvalue weighted by molar-refractivity contribution is -0.114. The molecule has 0 spiro atoms. The minimum absolute atomic E-state index is 0.0465.